The van der Waals surface area contributed by atoms with E-state index in [-0.39, 0.29) is 11.1 Å². The number of nitro groups is 1. The molecule has 0 aliphatic heterocycles. The van der Waals surface area contributed by atoms with Gasteiger partial charge in [0.15, 0.2) is 0 Å². The highest BCUT2D eigenvalue weighted by Crippen LogP contribution is 2.28. The van der Waals surface area contributed by atoms with Gasteiger partial charge in [0.25, 0.3) is 0 Å². The molecule has 0 aliphatic carbocycles. The van der Waals surface area contributed by atoms with Gasteiger partial charge in [-0.3, -0.25) is 10.1 Å². The fourth-order valence-corrected chi connectivity index (χ4v) is 2.62. The number of anilines is 1. The van der Waals surface area contributed by atoms with Crippen LogP contribution in [0, 0.1) is 29.8 Å². The third kappa shape index (κ3) is 9.31. The van der Waals surface area contributed by atoms with Crippen LogP contribution in [0.4, 0.5) is 20.6 Å². The summed E-state index contributed by atoms with van der Waals surface area (Å²) in [5.41, 5.74) is 6.72. The van der Waals surface area contributed by atoms with Crippen molar-refractivity contribution in [2.24, 2.45) is 0 Å². The van der Waals surface area contributed by atoms with Crippen LogP contribution in [-0.2, 0) is 4.74 Å². The molecular weight excluding hydrogens is 476 g/mol. The third-order valence-corrected chi connectivity index (χ3v) is 4.92. The molecular formula is C22H28Cl2FN3O5. The molecule has 2 rings (SSSR count). The van der Waals surface area contributed by atoms with E-state index >= 15 is 0 Å². The average molecular weight is 504 g/mol. The third-order valence-electron chi connectivity index (χ3n) is 4.11. The van der Waals surface area contributed by atoms with Crippen LogP contribution in [0.5, 0.6) is 5.75 Å². The summed E-state index contributed by atoms with van der Waals surface area (Å²) in [5.74, 6) is -0.390. The van der Waals surface area contributed by atoms with Gasteiger partial charge in [-0.05, 0) is 57.9 Å². The minimum atomic E-state index is -0.907. The van der Waals surface area contributed by atoms with Gasteiger partial charge in [-0.1, -0.05) is 23.2 Å². The van der Waals surface area contributed by atoms with Gasteiger partial charge in [0.2, 0.25) is 5.82 Å². The normalized spacial score (nSPS) is 10.7. The fraction of sp³-hybridized carbons (Fsp3) is 0.409. The molecule has 0 aromatic heterocycles. The summed E-state index contributed by atoms with van der Waals surface area (Å²) >= 11 is 11.6. The first-order valence-electron chi connectivity index (χ1n) is 9.85. The van der Waals surface area contributed by atoms with Crippen molar-refractivity contribution in [3.05, 3.63) is 61.4 Å². The van der Waals surface area contributed by atoms with E-state index in [0.717, 1.165) is 17.7 Å². The van der Waals surface area contributed by atoms with Gasteiger partial charge >= 0.3 is 11.8 Å². The first-order chi connectivity index (χ1) is 15.1. The Balaban J connectivity index is 0.000000383. The van der Waals surface area contributed by atoms with Gasteiger partial charge in [0.05, 0.1) is 17.2 Å². The molecule has 0 spiro atoms. The number of carbonyl (C=O) groups is 1. The van der Waals surface area contributed by atoms with Crippen LogP contribution >= 0.6 is 23.2 Å². The van der Waals surface area contributed by atoms with Crippen molar-refractivity contribution in [3.8, 4) is 5.75 Å². The Bertz CT molecular complexity index is 1010. The number of ether oxygens (including phenoxy) is 2. The Morgan fingerprint density at radius 1 is 1.15 bits per heavy atom. The number of rotatable bonds is 5. The maximum atomic E-state index is 12.8. The molecule has 0 saturated carbocycles. The van der Waals surface area contributed by atoms with Crippen LogP contribution in [0.15, 0.2) is 24.3 Å². The van der Waals surface area contributed by atoms with Crippen molar-refractivity contribution in [2.75, 3.05) is 25.9 Å². The number of nitrogen functional groups attached to an aromatic ring is 1. The standard InChI is InChI=1S/C15H23ClN2O3.C7H5ClFNO2/c1-10-8-12(17)13(9-11(10)16)20-7-6-18(5)14(19)21-15(2,3)4;1-4-2-7(10(11)12)6(9)3-5(4)8/h8-9H,6-7,17H2,1-5H3;2-3H,1H3. The number of nitrogens with zero attached hydrogens (tertiary/aromatic N) is 2. The number of carbonyl (C=O) groups excluding carboxylic acids is 1. The molecule has 8 nitrogen and oxygen atoms in total. The molecule has 2 aromatic carbocycles. The largest absolute Gasteiger partial charge is 0.490 e. The van der Waals surface area contributed by atoms with E-state index in [4.69, 9.17) is 38.4 Å². The number of hydrogen-bond acceptors (Lipinski definition) is 6. The van der Waals surface area contributed by atoms with Crippen LogP contribution < -0.4 is 10.5 Å². The number of halogens is 3. The fourth-order valence-electron chi connectivity index (χ4n) is 2.32. The first kappa shape index (κ1) is 28.3. The molecule has 0 heterocycles. The lowest BCUT2D eigenvalue weighted by molar-refractivity contribution is -0.387. The zero-order valence-corrected chi connectivity index (χ0v) is 20.9. The van der Waals surface area contributed by atoms with E-state index in [1.165, 1.54) is 4.90 Å². The summed E-state index contributed by atoms with van der Waals surface area (Å²) in [6, 6.07) is 5.49. The average Bonchev–Trinajstić information content (AvgIpc) is 2.67. The molecule has 11 heteroatoms. The van der Waals surface area contributed by atoms with Crippen molar-refractivity contribution >= 4 is 40.7 Å². The quantitative estimate of drug-likeness (QED) is 0.296. The van der Waals surface area contributed by atoms with E-state index in [1.54, 1.807) is 26.1 Å². The molecule has 182 valence electrons. The van der Waals surface area contributed by atoms with Crippen LogP contribution in [0.2, 0.25) is 10.0 Å². The van der Waals surface area contributed by atoms with E-state index in [9.17, 15) is 19.3 Å². The minimum absolute atomic E-state index is 0.193. The topological polar surface area (TPSA) is 108 Å². The van der Waals surface area contributed by atoms with Crippen molar-refractivity contribution in [3.63, 3.8) is 0 Å². The lowest BCUT2D eigenvalue weighted by Gasteiger charge is -2.24. The Kier molecular flexibility index (Phi) is 10.2. The number of amides is 1. The van der Waals surface area contributed by atoms with Crippen LogP contribution in [0.3, 0.4) is 0 Å². The zero-order valence-electron chi connectivity index (χ0n) is 19.4. The second-order valence-corrected chi connectivity index (χ2v) is 9.01. The number of benzene rings is 2. The number of nitro benzene ring substituents is 1. The Morgan fingerprint density at radius 3 is 2.24 bits per heavy atom. The van der Waals surface area contributed by atoms with E-state index < -0.39 is 22.0 Å². The smallest absolute Gasteiger partial charge is 0.410 e. The number of likely N-dealkylation sites (N-methyl/N-ethyl adjacent to an activating group) is 1. The van der Waals surface area contributed by atoms with Crippen molar-refractivity contribution < 1.29 is 23.6 Å². The predicted molar refractivity (Wildman–Crippen MR) is 128 cm³/mol. The number of aryl methyl sites for hydroxylation is 2. The highest BCUT2D eigenvalue weighted by molar-refractivity contribution is 6.31. The molecule has 0 saturated heterocycles. The minimum Gasteiger partial charge on any atom is -0.490 e. The summed E-state index contributed by atoms with van der Waals surface area (Å²) < 4.78 is 23.6. The molecule has 0 bridgehead atoms. The highest BCUT2D eigenvalue weighted by atomic mass is 35.5. The monoisotopic (exact) mass is 503 g/mol. The number of nitrogens with two attached hydrogens (primary N) is 1. The maximum absolute atomic E-state index is 12.8. The summed E-state index contributed by atoms with van der Waals surface area (Å²) in [4.78, 5) is 22.7. The first-order valence-corrected chi connectivity index (χ1v) is 10.6. The lowest BCUT2D eigenvalue weighted by atomic mass is 10.2. The summed E-state index contributed by atoms with van der Waals surface area (Å²) in [6.07, 6.45) is -0.388. The summed E-state index contributed by atoms with van der Waals surface area (Å²) in [5, 5.41) is 11.0. The van der Waals surface area contributed by atoms with Crippen LogP contribution in [-0.4, -0.2) is 41.7 Å². The molecule has 1 amide bonds. The highest BCUT2D eigenvalue weighted by Gasteiger charge is 2.19. The number of hydrogen-bond donors (Lipinski definition) is 1. The van der Waals surface area contributed by atoms with Gasteiger partial charge in [0, 0.05) is 29.2 Å². The van der Waals surface area contributed by atoms with Gasteiger partial charge in [0.1, 0.15) is 18.0 Å². The van der Waals surface area contributed by atoms with Crippen molar-refractivity contribution in [2.45, 2.75) is 40.2 Å². The molecule has 2 N–H and O–H groups in total. The van der Waals surface area contributed by atoms with Crippen LogP contribution in [0.25, 0.3) is 0 Å². The summed E-state index contributed by atoms with van der Waals surface area (Å²) in [6.45, 7) is 9.62. The second kappa shape index (κ2) is 11.9. The molecule has 0 fully saturated rings. The maximum Gasteiger partial charge on any atom is 0.410 e. The van der Waals surface area contributed by atoms with Crippen molar-refractivity contribution in [1.29, 1.82) is 0 Å². The lowest BCUT2D eigenvalue weighted by Crippen LogP contribution is -2.36. The molecule has 0 atom stereocenters. The van der Waals surface area contributed by atoms with E-state index in [0.29, 0.717) is 35.2 Å². The molecule has 2 aromatic rings. The van der Waals surface area contributed by atoms with Crippen LogP contribution in [0.1, 0.15) is 31.9 Å². The molecule has 0 unspecified atom stereocenters. The van der Waals surface area contributed by atoms with Crippen molar-refractivity contribution in [1.82, 2.24) is 4.90 Å². The van der Waals surface area contributed by atoms with Gasteiger partial charge < -0.3 is 20.1 Å². The predicted octanol–water partition coefficient (Wildman–Crippen LogP) is 6.17. The molecule has 33 heavy (non-hydrogen) atoms. The SMILES string of the molecule is Cc1cc(N)c(OCCN(C)C(=O)OC(C)(C)C)cc1Cl.Cc1cc([N+](=O)[O-])c(F)cc1Cl. The van der Waals surface area contributed by atoms with E-state index in [2.05, 4.69) is 0 Å². The molecule has 0 aliphatic rings. The Morgan fingerprint density at radius 2 is 1.70 bits per heavy atom. The van der Waals surface area contributed by atoms with Gasteiger partial charge in [-0.2, -0.15) is 4.39 Å². The van der Waals surface area contributed by atoms with Gasteiger partial charge in [-0.25, -0.2) is 4.79 Å². The molecule has 0 radical (unpaired) electrons. The van der Waals surface area contributed by atoms with Gasteiger partial charge in [-0.15, -0.1) is 0 Å². The summed E-state index contributed by atoms with van der Waals surface area (Å²) in [7, 11) is 1.66. The van der Waals surface area contributed by atoms with E-state index in [1.807, 2.05) is 27.7 Å². The Labute approximate surface area is 202 Å². The Hall–Kier alpha value is -2.78. The zero-order chi connectivity index (χ0) is 25.5. The second-order valence-electron chi connectivity index (χ2n) is 8.20.